The molecule has 0 bridgehead atoms. The fourth-order valence-corrected chi connectivity index (χ4v) is 6.30. The second kappa shape index (κ2) is 11.6. The number of para-hydroxylation sites is 1. The second-order valence-corrected chi connectivity index (χ2v) is 12.1. The predicted molar refractivity (Wildman–Crippen MR) is 172 cm³/mol. The minimum absolute atomic E-state index is 0.0325. The highest BCUT2D eigenvalue weighted by Crippen LogP contribution is 2.38. The number of aromatic nitrogens is 3. The first kappa shape index (κ1) is 30.2. The van der Waals surface area contributed by atoms with Crippen molar-refractivity contribution < 1.29 is 18.0 Å². The number of nitrogens with zero attached hydrogens (tertiary/aromatic N) is 5. The standard InChI is InChI=1S/C35H35F2N5O3/c1-7-28(43)40-14-15-41(21(6)18-40)33-25-17-27(37)30(29-26(36)12-11-22-13-16-45-32(22)29)38-34(25)42(35(44)39-33)31-23(19(2)3)9-8-10-24(31)20(4)5/h7-13,16-17,19-21H,1,14-15,18H2,2-6H3/t21-/m0/s1. The van der Waals surface area contributed by atoms with Crippen LogP contribution in [0.25, 0.3) is 38.9 Å². The molecule has 0 spiro atoms. The molecule has 1 fully saturated rings. The first-order valence-corrected chi connectivity index (χ1v) is 15.1. The molecule has 6 rings (SSSR count). The number of furan rings is 1. The van der Waals surface area contributed by atoms with Crippen molar-refractivity contribution in [2.24, 2.45) is 0 Å². The van der Waals surface area contributed by atoms with E-state index in [4.69, 9.17) is 9.40 Å². The summed E-state index contributed by atoms with van der Waals surface area (Å²) in [5, 5.41) is 0.889. The van der Waals surface area contributed by atoms with Crippen LogP contribution in [-0.4, -0.2) is 51.0 Å². The van der Waals surface area contributed by atoms with Gasteiger partial charge in [0.25, 0.3) is 0 Å². The Balaban J connectivity index is 1.69. The molecular weight excluding hydrogens is 576 g/mol. The van der Waals surface area contributed by atoms with Crippen LogP contribution in [0.2, 0.25) is 0 Å². The van der Waals surface area contributed by atoms with E-state index >= 15 is 8.78 Å². The maximum absolute atomic E-state index is 16.3. The lowest BCUT2D eigenvalue weighted by Gasteiger charge is -2.40. The van der Waals surface area contributed by atoms with Crippen molar-refractivity contribution >= 4 is 33.7 Å². The van der Waals surface area contributed by atoms with Crippen molar-refractivity contribution in [2.45, 2.75) is 52.5 Å². The summed E-state index contributed by atoms with van der Waals surface area (Å²) in [7, 11) is 0. The summed E-state index contributed by atoms with van der Waals surface area (Å²) >= 11 is 0. The van der Waals surface area contributed by atoms with E-state index in [-0.39, 0.29) is 52.1 Å². The van der Waals surface area contributed by atoms with Gasteiger partial charge in [-0.1, -0.05) is 52.5 Å². The second-order valence-electron chi connectivity index (χ2n) is 12.1. The van der Waals surface area contributed by atoms with Crippen LogP contribution in [0.1, 0.15) is 57.6 Å². The van der Waals surface area contributed by atoms with Gasteiger partial charge in [-0.2, -0.15) is 4.98 Å². The number of hydrogen-bond donors (Lipinski definition) is 0. The van der Waals surface area contributed by atoms with Crippen LogP contribution in [-0.2, 0) is 4.79 Å². The number of piperazine rings is 1. The van der Waals surface area contributed by atoms with Crippen LogP contribution in [0.5, 0.6) is 0 Å². The van der Waals surface area contributed by atoms with Gasteiger partial charge in [0.05, 0.1) is 22.9 Å². The first-order chi connectivity index (χ1) is 21.5. The Morgan fingerprint density at radius 1 is 1.02 bits per heavy atom. The zero-order chi connectivity index (χ0) is 32.2. The Kier molecular flexibility index (Phi) is 7.76. The molecule has 1 amide bonds. The summed E-state index contributed by atoms with van der Waals surface area (Å²) in [5.41, 5.74) is 1.75. The summed E-state index contributed by atoms with van der Waals surface area (Å²) < 4.78 is 38.7. The van der Waals surface area contributed by atoms with Crippen molar-refractivity contribution in [1.82, 2.24) is 19.4 Å². The minimum Gasteiger partial charge on any atom is -0.464 e. The van der Waals surface area contributed by atoms with Crippen LogP contribution in [0.4, 0.5) is 14.6 Å². The monoisotopic (exact) mass is 611 g/mol. The van der Waals surface area contributed by atoms with E-state index in [1.54, 1.807) is 17.0 Å². The number of carbonyl (C=O) groups is 1. The fraction of sp³-hybridized carbons (Fsp3) is 0.314. The summed E-state index contributed by atoms with van der Waals surface area (Å²) in [5.74, 6) is -1.35. The maximum atomic E-state index is 16.3. The number of hydrogen-bond acceptors (Lipinski definition) is 6. The number of rotatable bonds is 6. The van der Waals surface area contributed by atoms with Crippen molar-refractivity contribution in [3.8, 4) is 16.9 Å². The van der Waals surface area contributed by atoms with Gasteiger partial charge in [-0.15, -0.1) is 0 Å². The Labute approximate surface area is 259 Å². The number of carbonyl (C=O) groups excluding carboxylic acids is 1. The van der Waals surface area contributed by atoms with E-state index in [0.29, 0.717) is 36.1 Å². The van der Waals surface area contributed by atoms with Crippen molar-refractivity contribution in [1.29, 1.82) is 0 Å². The lowest BCUT2D eigenvalue weighted by molar-refractivity contribution is -0.126. The van der Waals surface area contributed by atoms with Gasteiger partial charge in [0.1, 0.15) is 22.9 Å². The van der Waals surface area contributed by atoms with E-state index in [2.05, 4.69) is 11.6 Å². The molecule has 8 nitrogen and oxygen atoms in total. The van der Waals surface area contributed by atoms with Crippen molar-refractivity contribution in [2.75, 3.05) is 24.5 Å². The molecule has 10 heteroatoms. The molecule has 45 heavy (non-hydrogen) atoms. The van der Waals surface area contributed by atoms with Gasteiger partial charge >= 0.3 is 5.69 Å². The van der Waals surface area contributed by atoms with Gasteiger partial charge in [0.2, 0.25) is 5.91 Å². The number of benzene rings is 2. The van der Waals surface area contributed by atoms with Crippen LogP contribution in [0.3, 0.4) is 0 Å². The molecule has 0 saturated carbocycles. The van der Waals surface area contributed by atoms with Gasteiger partial charge < -0.3 is 14.2 Å². The summed E-state index contributed by atoms with van der Waals surface area (Å²) in [4.78, 5) is 39.5. The molecule has 5 aromatic rings. The molecule has 232 valence electrons. The highest BCUT2D eigenvalue weighted by Gasteiger charge is 2.31. The van der Waals surface area contributed by atoms with Gasteiger partial charge in [-0.3, -0.25) is 4.79 Å². The average Bonchev–Trinajstić information content (AvgIpc) is 3.49. The van der Waals surface area contributed by atoms with Crippen LogP contribution >= 0.6 is 0 Å². The Morgan fingerprint density at radius 2 is 1.73 bits per heavy atom. The molecule has 0 aliphatic carbocycles. The van der Waals surface area contributed by atoms with Crippen molar-refractivity contribution in [3.63, 3.8) is 0 Å². The molecule has 0 unspecified atom stereocenters. The topological polar surface area (TPSA) is 84.5 Å². The minimum atomic E-state index is -0.784. The molecule has 1 saturated heterocycles. The van der Waals surface area contributed by atoms with Gasteiger partial charge in [-0.05, 0) is 60.2 Å². The van der Waals surface area contributed by atoms with E-state index in [9.17, 15) is 9.59 Å². The van der Waals surface area contributed by atoms with Crippen LogP contribution in [0.15, 0.2) is 70.6 Å². The molecule has 1 atom stereocenters. The SMILES string of the molecule is C=CC(=O)N1CCN(c2nc(=O)n(-c3c(C(C)C)cccc3C(C)C)c3nc(-c4c(F)ccc5ccoc45)c(F)cc23)[C@@H](C)C1. The van der Waals surface area contributed by atoms with Gasteiger partial charge in [0, 0.05) is 31.1 Å². The molecule has 1 aliphatic rings. The Hall–Kier alpha value is -4.86. The fourth-order valence-electron chi connectivity index (χ4n) is 6.30. The lowest BCUT2D eigenvalue weighted by Crippen LogP contribution is -2.54. The molecular formula is C35H35F2N5O3. The highest BCUT2D eigenvalue weighted by molar-refractivity contribution is 5.96. The van der Waals surface area contributed by atoms with Gasteiger partial charge in [0.15, 0.2) is 11.5 Å². The van der Waals surface area contributed by atoms with Crippen LogP contribution < -0.4 is 10.6 Å². The highest BCUT2D eigenvalue weighted by atomic mass is 19.1. The van der Waals surface area contributed by atoms with E-state index in [0.717, 1.165) is 11.1 Å². The van der Waals surface area contributed by atoms with E-state index < -0.39 is 17.3 Å². The first-order valence-electron chi connectivity index (χ1n) is 15.1. The quantitative estimate of drug-likeness (QED) is 0.194. The molecule has 3 aromatic heterocycles. The molecule has 0 N–H and O–H groups in total. The number of fused-ring (bicyclic) bond motifs is 2. The molecule has 4 heterocycles. The lowest BCUT2D eigenvalue weighted by atomic mass is 9.92. The smallest absolute Gasteiger partial charge is 0.355 e. The van der Waals surface area contributed by atoms with Crippen molar-refractivity contribution in [3.05, 3.63) is 94.6 Å². The number of pyridine rings is 1. The Morgan fingerprint density at radius 3 is 2.38 bits per heavy atom. The molecule has 0 radical (unpaired) electrons. The molecule has 2 aromatic carbocycles. The number of anilines is 1. The Bertz CT molecular complexity index is 2000. The zero-order valence-electron chi connectivity index (χ0n) is 26.0. The van der Waals surface area contributed by atoms with E-state index in [1.165, 1.54) is 29.0 Å². The normalized spacial score (nSPS) is 15.5. The number of amides is 1. The summed E-state index contributed by atoms with van der Waals surface area (Å²) in [6.07, 6.45) is 2.69. The molecule has 1 aliphatic heterocycles. The third kappa shape index (κ3) is 5.08. The average molecular weight is 612 g/mol. The van der Waals surface area contributed by atoms with Gasteiger partial charge in [-0.25, -0.2) is 23.1 Å². The maximum Gasteiger partial charge on any atom is 0.355 e. The third-order valence-electron chi connectivity index (χ3n) is 8.56. The largest absolute Gasteiger partial charge is 0.464 e. The van der Waals surface area contributed by atoms with Crippen LogP contribution in [0, 0.1) is 11.6 Å². The predicted octanol–water partition coefficient (Wildman–Crippen LogP) is 6.94. The summed E-state index contributed by atoms with van der Waals surface area (Å²) in [6.45, 7) is 14.7. The summed E-state index contributed by atoms with van der Waals surface area (Å²) in [6, 6.07) is 11.4. The third-order valence-corrected chi connectivity index (χ3v) is 8.56. The number of halogens is 2. The zero-order valence-corrected chi connectivity index (χ0v) is 26.0. The van der Waals surface area contributed by atoms with E-state index in [1.807, 2.05) is 57.7 Å².